The molecule has 0 aliphatic rings. The number of hydrogen-bond donors (Lipinski definition) is 2. The monoisotopic (exact) mass is 573 g/mol. The number of nitrogens with zero attached hydrogens (tertiary/aromatic N) is 3. The van der Waals surface area contributed by atoms with E-state index in [0.717, 1.165) is 35.4 Å². The fourth-order valence-electron chi connectivity index (χ4n) is 4.03. The van der Waals surface area contributed by atoms with E-state index >= 15 is 0 Å². The molecule has 2 N–H and O–H groups in total. The largest absolute Gasteiger partial charge is 0.497 e. The molecule has 1 heterocycles. The van der Waals surface area contributed by atoms with Crippen molar-refractivity contribution in [2.45, 2.75) is 45.3 Å². The topological polar surface area (TPSA) is 107 Å². The Balaban J connectivity index is 1.47. The highest BCUT2D eigenvalue weighted by molar-refractivity contribution is 7.99. The molecule has 0 aliphatic carbocycles. The maximum absolute atomic E-state index is 12.9. The van der Waals surface area contributed by atoms with E-state index in [4.69, 9.17) is 9.47 Å². The van der Waals surface area contributed by atoms with Crippen molar-refractivity contribution in [2.75, 3.05) is 24.8 Å². The lowest BCUT2D eigenvalue weighted by Crippen LogP contribution is -2.24. The molecule has 4 rings (SSSR count). The van der Waals surface area contributed by atoms with Crippen molar-refractivity contribution in [3.8, 4) is 17.2 Å². The van der Waals surface area contributed by atoms with E-state index in [0.29, 0.717) is 34.6 Å². The summed E-state index contributed by atoms with van der Waals surface area (Å²) in [4.78, 5) is 25.6. The number of rotatable bonds is 13. The first kappa shape index (κ1) is 29.7. The SMILES string of the molecule is CCCCOc1ccc(C(=O)NCc2nnc(SCC(=O)Nc3ccc(OC)cc3)n2-c2cccc(C)c2C)cc1. The van der Waals surface area contributed by atoms with Crippen LogP contribution in [0.15, 0.2) is 71.9 Å². The fraction of sp³-hybridized carbons (Fsp3) is 0.290. The molecule has 3 aromatic carbocycles. The van der Waals surface area contributed by atoms with Gasteiger partial charge in [-0.2, -0.15) is 0 Å². The van der Waals surface area contributed by atoms with E-state index in [-0.39, 0.29) is 24.1 Å². The van der Waals surface area contributed by atoms with Crippen LogP contribution >= 0.6 is 11.8 Å². The highest BCUT2D eigenvalue weighted by Gasteiger charge is 2.19. The van der Waals surface area contributed by atoms with Gasteiger partial charge in [0, 0.05) is 11.3 Å². The number of carbonyl (C=O) groups is 2. The molecule has 0 spiro atoms. The maximum Gasteiger partial charge on any atom is 0.251 e. The van der Waals surface area contributed by atoms with Crippen LogP contribution in [0, 0.1) is 13.8 Å². The van der Waals surface area contributed by atoms with Gasteiger partial charge < -0.3 is 20.1 Å². The Morgan fingerprint density at radius 3 is 2.39 bits per heavy atom. The van der Waals surface area contributed by atoms with Crippen molar-refractivity contribution >= 4 is 29.3 Å². The highest BCUT2D eigenvalue weighted by Crippen LogP contribution is 2.26. The molecule has 10 heteroatoms. The Labute approximate surface area is 244 Å². The van der Waals surface area contributed by atoms with Gasteiger partial charge >= 0.3 is 0 Å². The molecule has 0 saturated carbocycles. The Bertz CT molecular complexity index is 1470. The number of methoxy groups -OCH3 is 1. The molecule has 0 radical (unpaired) electrons. The van der Waals surface area contributed by atoms with Gasteiger partial charge in [0.25, 0.3) is 5.91 Å². The molecular weight excluding hydrogens is 538 g/mol. The molecule has 0 bridgehead atoms. The van der Waals surface area contributed by atoms with Crippen LogP contribution < -0.4 is 20.1 Å². The number of unbranched alkanes of at least 4 members (excludes halogenated alkanes) is 1. The lowest BCUT2D eigenvalue weighted by atomic mass is 10.1. The molecular formula is C31H35N5O4S. The number of hydrogen-bond acceptors (Lipinski definition) is 7. The smallest absolute Gasteiger partial charge is 0.251 e. The number of thioether (sulfide) groups is 1. The Morgan fingerprint density at radius 2 is 1.68 bits per heavy atom. The first-order valence-electron chi connectivity index (χ1n) is 13.5. The van der Waals surface area contributed by atoms with E-state index in [1.807, 2.05) is 36.6 Å². The summed E-state index contributed by atoms with van der Waals surface area (Å²) < 4.78 is 12.8. The van der Waals surface area contributed by atoms with Crippen LogP contribution in [0.4, 0.5) is 5.69 Å². The molecule has 1 aromatic heterocycles. The van der Waals surface area contributed by atoms with Crippen LogP contribution in [-0.2, 0) is 11.3 Å². The number of amides is 2. The Morgan fingerprint density at radius 1 is 0.951 bits per heavy atom. The normalized spacial score (nSPS) is 10.7. The molecule has 0 atom stereocenters. The summed E-state index contributed by atoms with van der Waals surface area (Å²) in [7, 11) is 1.60. The van der Waals surface area contributed by atoms with Crippen LogP contribution in [0.1, 0.15) is 47.1 Å². The van der Waals surface area contributed by atoms with Crippen LogP contribution in [0.3, 0.4) is 0 Å². The van der Waals surface area contributed by atoms with Crippen molar-refractivity contribution in [1.29, 1.82) is 0 Å². The molecule has 0 saturated heterocycles. The zero-order valence-electron chi connectivity index (χ0n) is 23.8. The summed E-state index contributed by atoms with van der Waals surface area (Å²) in [5.74, 6) is 1.74. The highest BCUT2D eigenvalue weighted by atomic mass is 32.2. The van der Waals surface area contributed by atoms with Gasteiger partial charge in [-0.05, 0) is 86.0 Å². The molecule has 214 valence electrons. The summed E-state index contributed by atoms with van der Waals surface area (Å²) in [6.07, 6.45) is 2.04. The van der Waals surface area contributed by atoms with Crippen molar-refractivity contribution < 1.29 is 19.1 Å². The maximum atomic E-state index is 12.9. The average molecular weight is 574 g/mol. The predicted octanol–water partition coefficient (Wildman–Crippen LogP) is 5.73. The average Bonchev–Trinajstić information content (AvgIpc) is 3.39. The van der Waals surface area contributed by atoms with Crippen molar-refractivity contribution in [3.63, 3.8) is 0 Å². The molecule has 0 unspecified atom stereocenters. The number of anilines is 1. The third kappa shape index (κ3) is 7.88. The van der Waals surface area contributed by atoms with Crippen molar-refractivity contribution in [2.24, 2.45) is 0 Å². The van der Waals surface area contributed by atoms with E-state index in [1.165, 1.54) is 11.8 Å². The second-order valence-electron chi connectivity index (χ2n) is 9.43. The molecule has 2 amide bonds. The van der Waals surface area contributed by atoms with Crippen LogP contribution in [0.5, 0.6) is 11.5 Å². The number of carbonyl (C=O) groups excluding carboxylic acids is 2. The second-order valence-corrected chi connectivity index (χ2v) is 10.4. The van der Waals surface area contributed by atoms with E-state index in [2.05, 4.69) is 27.8 Å². The number of ether oxygens (including phenoxy) is 2. The fourth-order valence-corrected chi connectivity index (χ4v) is 4.79. The first-order valence-corrected chi connectivity index (χ1v) is 14.5. The zero-order valence-corrected chi connectivity index (χ0v) is 24.6. The van der Waals surface area contributed by atoms with E-state index in [9.17, 15) is 9.59 Å². The third-order valence-electron chi connectivity index (χ3n) is 6.51. The third-order valence-corrected chi connectivity index (χ3v) is 7.44. The summed E-state index contributed by atoms with van der Waals surface area (Å²) in [5, 5.41) is 15.1. The minimum Gasteiger partial charge on any atom is -0.497 e. The van der Waals surface area contributed by atoms with Gasteiger partial charge in [-0.25, -0.2) is 0 Å². The predicted molar refractivity (Wildman–Crippen MR) is 161 cm³/mol. The lowest BCUT2D eigenvalue weighted by Gasteiger charge is -2.15. The van der Waals surface area contributed by atoms with Gasteiger partial charge in [0.05, 0.1) is 31.7 Å². The molecule has 9 nitrogen and oxygen atoms in total. The standard InChI is InChI=1S/C31H35N5O4S/c1-5-6-18-40-26-14-10-23(11-15-26)30(38)32-19-28-34-35-31(36(28)27-9-7-8-21(2)22(27)3)41-20-29(37)33-24-12-16-25(39-4)17-13-24/h7-17H,5-6,18-20H2,1-4H3,(H,32,38)(H,33,37). The summed E-state index contributed by atoms with van der Waals surface area (Å²) in [5.41, 5.74) is 4.27. The Kier molecular flexibility index (Phi) is 10.4. The van der Waals surface area contributed by atoms with Gasteiger partial charge in [0.2, 0.25) is 5.91 Å². The van der Waals surface area contributed by atoms with Gasteiger partial charge in [0.15, 0.2) is 11.0 Å². The number of benzene rings is 3. The summed E-state index contributed by atoms with van der Waals surface area (Å²) in [6, 6.07) is 20.2. The van der Waals surface area contributed by atoms with E-state index in [1.54, 1.807) is 55.6 Å². The van der Waals surface area contributed by atoms with Crippen molar-refractivity contribution in [3.05, 3.63) is 89.2 Å². The number of aromatic nitrogens is 3. The second kappa shape index (κ2) is 14.4. The van der Waals surface area contributed by atoms with Crippen LogP contribution in [-0.4, -0.2) is 46.0 Å². The molecule has 41 heavy (non-hydrogen) atoms. The lowest BCUT2D eigenvalue weighted by molar-refractivity contribution is -0.113. The van der Waals surface area contributed by atoms with Gasteiger partial charge in [0.1, 0.15) is 11.5 Å². The minimum atomic E-state index is -0.228. The van der Waals surface area contributed by atoms with Crippen molar-refractivity contribution in [1.82, 2.24) is 20.1 Å². The Hall–Kier alpha value is -4.31. The van der Waals surface area contributed by atoms with E-state index < -0.39 is 0 Å². The quantitative estimate of drug-likeness (QED) is 0.155. The number of aryl methyl sites for hydroxylation is 1. The van der Waals surface area contributed by atoms with Gasteiger partial charge in [-0.15, -0.1) is 10.2 Å². The molecule has 4 aromatic rings. The first-order chi connectivity index (χ1) is 19.9. The number of nitrogens with one attached hydrogen (secondary N) is 2. The molecule has 0 fully saturated rings. The van der Waals surface area contributed by atoms with Gasteiger partial charge in [-0.3, -0.25) is 14.2 Å². The summed E-state index contributed by atoms with van der Waals surface area (Å²) in [6.45, 7) is 6.99. The van der Waals surface area contributed by atoms with Crippen LogP contribution in [0.2, 0.25) is 0 Å². The minimum absolute atomic E-state index is 0.133. The molecule has 0 aliphatic heterocycles. The van der Waals surface area contributed by atoms with Crippen LogP contribution in [0.25, 0.3) is 5.69 Å². The zero-order chi connectivity index (χ0) is 29.2. The van der Waals surface area contributed by atoms with Gasteiger partial charge in [-0.1, -0.05) is 37.2 Å². The summed E-state index contributed by atoms with van der Waals surface area (Å²) >= 11 is 1.28.